The van der Waals surface area contributed by atoms with Crippen molar-refractivity contribution in [3.8, 4) is 0 Å². The van der Waals surface area contributed by atoms with Gasteiger partial charge in [-0.1, -0.05) is 19.8 Å². The second-order valence-electron chi connectivity index (χ2n) is 8.41. The van der Waals surface area contributed by atoms with E-state index in [1.54, 1.807) is 0 Å². The van der Waals surface area contributed by atoms with E-state index in [0.717, 1.165) is 44.6 Å². The molecule has 0 aromatic carbocycles. The second-order valence-corrected chi connectivity index (χ2v) is 8.41. The van der Waals surface area contributed by atoms with Crippen LogP contribution >= 0.6 is 24.0 Å². The summed E-state index contributed by atoms with van der Waals surface area (Å²) >= 11 is 0. The molecule has 1 unspecified atom stereocenters. The third-order valence-corrected chi connectivity index (χ3v) is 6.18. The lowest BCUT2D eigenvalue weighted by Gasteiger charge is -2.31. The average Bonchev–Trinajstić information content (AvgIpc) is 3.10. The standard InChI is InChI=1S/C21H42N4O.HI/c1-4-26-16-12-21(10-5-6-11-21)18-24-20(22-3)23-13-8-15-25-14-7-9-19(2)17-25;/h19H,4-18H2,1-3H3,(H2,22,23,24);1H. The number of nitrogens with one attached hydrogen (secondary N) is 2. The lowest BCUT2D eigenvalue weighted by atomic mass is 9.83. The molecule has 1 heterocycles. The first-order valence-electron chi connectivity index (χ1n) is 10.9. The molecule has 0 amide bonds. The maximum atomic E-state index is 5.62. The van der Waals surface area contributed by atoms with Crippen LogP contribution in [-0.2, 0) is 4.74 Å². The topological polar surface area (TPSA) is 48.9 Å². The highest BCUT2D eigenvalue weighted by Crippen LogP contribution is 2.40. The van der Waals surface area contributed by atoms with Crippen molar-refractivity contribution in [2.45, 2.75) is 65.2 Å². The summed E-state index contributed by atoms with van der Waals surface area (Å²) in [5, 5.41) is 7.10. The average molecular weight is 495 g/mol. The highest BCUT2D eigenvalue weighted by molar-refractivity contribution is 14.0. The Hall–Kier alpha value is -0.0800. The Morgan fingerprint density at radius 1 is 1.22 bits per heavy atom. The maximum absolute atomic E-state index is 5.62. The first kappa shape index (κ1) is 25.0. The van der Waals surface area contributed by atoms with Crippen LogP contribution in [-0.4, -0.2) is 63.8 Å². The summed E-state index contributed by atoms with van der Waals surface area (Å²) in [4.78, 5) is 7.04. The van der Waals surface area contributed by atoms with Crippen molar-refractivity contribution in [1.82, 2.24) is 15.5 Å². The van der Waals surface area contributed by atoms with Gasteiger partial charge in [0.25, 0.3) is 0 Å². The van der Waals surface area contributed by atoms with Gasteiger partial charge in [-0.15, -0.1) is 24.0 Å². The number of rotatable bonds is 10. The van der Waals surface area contributed by atoms with Gasteiger partial charge in [-0.25, -0.2) is 0 Å². The zero-order valence-corrected chi connectivity index (χ0v) is 20.2. The van der Waals surface area contributed by atoms with Gasteiger partial charge >= 0.3 is 0 Å². The van der Waals surface area contributed by atoms with Crippen LogP contribution < -0.4 is 10.6 Å². The summed E-state index contributed by atoms with van der Waals surface area (Å²) in [5.41, 5.74) is 0.400. The van der Waals surface area contributed by atoms with Crippen molar-refractivity contribution in [3.05, 3.63) is 0 Å². The van der Waals surface area contributed by atoms with Gasteiger partial charge in [0.2, 0.25) is 0 Å². The van der Waals surface area contributed by atoms with Crippen molar-refractivity contribution < 1.29 is 4.74 Å². The maximum Gasteiger partial charge on any atom is 0.190 e. The van der Waals surface area contributed by atoms with Gasteiger partial charge in [0.15, 0.2) is 5.96 Å². The Bertz CT molecular complexity index is 413. The number of aliphatic imine (C=N–C) groups is 1. The highest BCUT2D eigenvalue weighted by Gasteiger charge is 2.33. The monoisotopic (exact) mass is 494 g/mol. The Morgan fingerprint density at radius 3 is 2.67 bits per heavy atom. The Balaban J connectivity index is 0.00000364. The van der Waals surface area contributed by atoms with Gasteiger partial charge in [-0.2, -0.15) is 0 Å². The van der Waals surface area contributed by atoms with Gasteiger partial charge in [-0.3, -0.25) is 4.99 Å². The molecule has 2 fully saturated rings. The van der Waals surface area contributed by atoms with E-state index in [4.69, 9.17) is 4.74 Å². The normalized spacial score (nSPS) is 23.1. The van der Waals surface area contributed by atoms with Gasteiger partial charge in [0, 0.05) is 39.9 Å². The number of hydrogen-bond acceptors (Lipinski definition) is 3. The number of halogens is 1. The van der Waals surface area contributed by atoms with Crippen molar-refractivity contribution in [1.29, 1.82) is 0 Å². The van der Waals surface area contributed by atoms with Crippen LogP contribution in [0.2, 0.25) is 0 Å². The fraction of sp³-hybridized carbons (Fsp3) is 0.952. The Morgan fingerprint density at radius 2 is 2.00 bits per heavy atom. The molecule has 6 heteroatoms. The first-order valence-corrected chi connectivity index (χ1v) is 10.9. The van der Waals surface area contributed by atoms with Crippen molar-refractivity contribution in [2.24, 2.45) is 16.3 Å². The van der Waals surface area contributed by atoms with E-state index in [0.29, 0.717) is 5.41 Å². The van der Waals surface area contributed by atoms with E-state index in [1.807, 2.05) is 7.05 Å². The van der Waals surface area contributed by atoms with Crippen LogP contribution in [0.4, 0.5) is 0 Å². The zero-order valence-electron chi connectivity index (χ0n) is 17.9. The zero-order chi connectivity index (χ0) is 18.7. The molecule has 0 spiro atoms. The summed E-state index contributed by atoms with van der Waals surface area (Å²) in [7, 11) is 1.88. The minimum absolute atomic E-state index is 0. The molecule has 1 aliphatic heterocycles. The fourth-order valence-electron chi connectivity index (χ4n) is 4.56. The Labute approximate surface area is 184 Å². The van der Waals surface area contributed by atoms with E-state index in [2.05, 4.69) is 34.4 Å². The predicted octanol–water partition coefficient (Wildman–Crippen LogP) is 3.88. The van der Waals surface area contributed by atoms with Gasteiger partial charge in [-0.05, 0) is 69.9 Å². The van der Waals surface area contributed by atoms with Crippen LogP contribution in [0.5, 0.6) is 0 Å². The molecule has 1 saturated heterocycles. The van der Waals surface area contributed by atoms with E-state index in [9.17, 15) is 0 Å². The van der Waals surface area contributed by atoms with Crippen LogP contribution in [0.15, 0.2) is 4.99 Å². The SMILES string of the molecule is CCOCCC1(CNC(=NC)NCCCN2CCCC(C)C2)CCCC1.I. The molecular weight excluding hydrogens is 451 g/mol. The van der Waals surface area contributed by atoms with Gasteiger partial charge < -0.3 is 20.3 Å². The largest absolute Gasteiger partial charge is 0.382 e. The quantitative estimate of drug-likeness (QED) is 0.210. The highest BCUT2D eigenvalue weighted by atomic mass is 127. The molecule has 0 aromatic heterocycles. The fourth-order valence-corrected chi connectivity index (χ4v) is 4.56. The molecule has 2 N–H and O–H groups in total. The molecule has 2 aliphatic rings. The number of piperidine rings is 1. The van der Waals surface area contributed by atoms with Crippen LogP contribution in [0.25, 0.3) is 0 Å². The smallest absolute Gasteiger partial charge is 0.190 e. The summed E-state index contributed by atoms with van der Waals surface area (Å²) in [6, 6.07) is 0. The van der Waals surface area contributed by atoms with E-state index < -0.39 is 0 Å². The summed E-state index contributed by atoms with van der Waals surface area (Å²) in [5.74, 6) is 1.82. The third-order valence-electron chi connectivity index (χ3n) is 6.18. The number of likely N-dealkylation sites (tertiary alicyclic amines) is 1. The van der Waals surface area contributed by atoms with E-state index in [1.165, 1.54) is 64.6 Å². The molecule has 0 radical (unpaired) electrons. The molecule has 2 rings (SSSR count). The molecule has 1 atom stereocenters. The van der Waals surface area contributed by atoms with Crippen LogP contribution in [0, 0.1) is 11.3 Å². The number of nitrogens with zero attached hydrogens (tertiary/aromatic N) is 2. The van der Waals surface area contributed by atoms with Crippen LogP contribution in [0.1, 0.15) is 65.2 Å². The molecule has 1 saturated carbocycles. The second kappa shape index (κ2) is 14.0. The molecule has 5 nitrogen and oxygen atoms in total. The van der Waals surface area contributed by atoms with Crippen molar-refractivity contribution >= 4 is 29.9 Å². The third kappa shape index (κ3) is 9.31. The molecule has 0 aromatic rings. The molecule has 0 bridgehead atoms. The Kier molecular flexibility index (Phi) is 12.9. The van der Waals surface area contributed by atoms with Crippen molar-refractivity contribution in [3.63, 3.8) is 0 Å². The summed E-state index contributed by atoms with van der Waals surface area (Å²) in [6.45, 7) is 11.9. The van der Waals surface area contributed by atoms with E-state index >= 15 is 0 Å². The summed E-state index contributed by atoms with van der Waals surface area (Å²) < 4.78 is 5.62. The van der Waals surface area contributed by atoms with E-state index in [-0.39, 0.29) is 24.0 Å². The molecule has 1 aliphatic carbocycles. The number of guanidine groups is 1. The van der Waals surface area contributed by atoms with Crippen molar-refractivity contribution in [2.75, 3.05) is 53.0 Å². The molecule has 27 heavy (non-hydrogen) atoms. The minimum Gasteiger partial charge on any atom is -0.382 e. The van der Waals surface area contributed by atoms with Crippen LogP contribution in [0.3, 0.4) is 0 Å². The molecular formula is C21H43IN4O. The summed E-state index contributed by atoms with van der Waals surface area (Å²) in [6.07, 6.45) is 10.5. The van der Waals surface area contributed by atoms with Gasteiger partial charge in [0.05, 0.1) is 0 Å². The first-order chi connectivity index (χ1) is 12.7. The number of ether oxygens (including phenoxy) is 1. The lowest BCUT2D eigenvalue weighted by Crippen LogP contribution is -2.44. The number of hydrogen-bond donors (Lipinski definition) is 2. The molecule has 160 valence electrons. The predicted molar refractivity (Wildman–Crippen MR) is 126 cm³/mol. The minimum atomic E-state index is 0. The van der Waals surface area contributed by atoms with Gasteiger partial charge in [0.1, 0.15) is 0 Å². The lowest BCUT2D eigenvalue weighted by molar-refractivity contribution is 0.105.